The predicted molar refractivity (Wildman–Crippen MR) is 49.6 cm³/mol. The van der Waals surface area contributed by atoms with E-state index in [1.54, 1.807) is 0 Å². The molecule has 0 radical (unpaired) electrons. The molecule has 0 heterocycles. The highest BCUT2D eigenvalue weighted by molar-refractivity contribution is 4.81. The number of hydrogen-bond acceptors (Lipinski definition) is 1. The summed E-state index contributed by atoms with van der Waals surface area (Å²) in [7, 11) is 0. The summed E-state index contributed by atoms with van der Waals surface area (Å²) in [6.45, 7) is 7.02. The van der Waals surface area contributed by atoms with Crippen LogP contribution in [0.15, 0.2) is 12.7 Å². The largest absolute Gasteiger partial charge is 0.310 e. The average Bonchev–Trinajstić information content (AvgIpc) is 2.03. The summed E-state index contributed by atoms with van der Waals surface area (Å²) in [5, 5.41) is 3.50. The smallest absolute Gasteiger partial charge is 0.0134 e. The highest BCUT2D eigenvalue weighted by atomic mass is 14.9. The van der Waals surface area contributed by atoms with Crippen molar-refractivity contribution >= 4 is 0 Å². The fourth-order valence-corrected chi connectivity index (χ4v) is 1.85. The Morgan fingerprint density at radius 1 is 1.45 bits per heavy atom. The van der Waals surface area contributed by atoms with Crippen LogP contribution in [0.5, 0.6) is 0 Å². The summed E-state index contributed by atoms with van der Waals surface area (Å²) >= 11 is 0. The summed E-state index contributed by atoms with van der Waals surface area (Å²) in [6, 6.07) is 0.752. The lowest BCUT2D eigenvalue weighted by atomic mass is 9.86. The number of nitrogens with one attached hydrogen (secondary N) is 1. The second-order valence-electron chi connectivity index (χ2n) is 3.57. The lowest BCUT2D eigenvalue weighted by Gasteiger charge is -2.29. The third-order valence-corrected chi connectivity index (χ3v) is 2.64. The first-order valence-corrected chi connectivity index (χ1v) is 4.69. The molecule has 0 aromatic carbocycles. The van der Waals surface area contributed by atoms with Gasteiger partial charge in [0.25, 0.3) is 0 Å². The van der Waals surface area contributed by atoms with E-state index in [-0.39, 0.29) is 0 Å². The lowest BCUT2D eigenvalue weighted by Crippen LogP contribution is -2.37. The van der Waals surface area contributed by atoms with Gasteiger partial charge in [-0.1, -0.05) is 25.8 Å². The molecule has 1 aliphatic carbocycles. The van der Waals surface area contributed by atoms with Gasteiger partial charge in [0, 0.05) is 12.6 Å². The van der Waals surface area contributed by atoms with E-state index in [0.717, 1.165) is 18.5 Å². The van der Waals surface area contributed by atoms with Gasteiger partial charge in [-0.15, -0.1) is 6.58 Å². The molecule has 0 unspecified atom stereocenters. The van der Waals surface area contributed by atoms with E-state index in [4.69, 9.17) is 0 Å². The molecular formula is C10H19N. The van der Waals surface area contributed by atoms with Crippen molar-refractivity contribution in [2.45, 2.75) is 38.6 Å². The first kappa shape index (κ1) is 8.79. The van der Waals surface area contributed by atoms with Gasteiger partial charge in [0.15, 0.2) is 0 Å². The third-order valence-electron chi connectivity index (χ3n) is 2.64. The molecule has 64 valence electrons. The van der Waals surface area contributed by atoms with Crippen molar-refractivity contribution in [3.8, 4) is 0 Å². The molecule has 0 aromatic heterocycles. The lowest BCUT2D eigenvalue weighted by molar-refractivity contribution is 0.288. The van der Waals surface area contributed by atoms with E-state index in [1.165, 1.54) is 25.7 Å². The van der Waals surface area contributed by atoms with Crippen LogP contribution in [-0.4, -0.2) is 12.6 Å². The molecule has 2 atom stereocenters. The maximum absolute atomic E-state index is 3.71. The summed E-state index contributed by atoms with van der Waals surface area (Å²) in [5.74, 6) is 0.865. The predicted octanol–water partition coefficient (Wildman–Crippen LogP) is 2.34. The quantitative estimate of drug-likeness (QED) is 0.614. The monoisotopic (exact) mass is 153 g/mol. The van der Waals surface area contributed by atoms with Gasteiger partial charge in [0.2, 0.25) is 0 Å². The van der Waals surface area contributed by atoms with Crippen LogP contribution in [0.3, 0.4) is 0 Å². The van der Waals surface area contributed by atoms with Crippen molar-refractivity contribution in [3.05, 3.63) is 12.7 Å². The minimum Gasteiger partial charge on any atom is -0.310 e. The maximum atomic E-state index is 3.71. The topological polar surface area (TPSA) is 12.0 Å². The Labute approximate surface area is 69.9 Å². The minimum absolute atomic E-state index is 0.752. The SMILES string of the molecule is C=CCN[C@H]1CCCC[C@@H]1C. The fraction of sp³-hybridized carbons (Fsp3) is 0.800. The zero-order valence-corrected chi connectivity index (χ0v) is 7.47. The molecule has 0 amide bonds. The van der Waals surface area contributed by atoms with E-state index in [1.807, 2.05) is 6.08 Å². The Kier molecular flexibility index (Phi) is 3.64. The van der Waals surface area contributed by atoms with E-state index in [0.29, 0.717) is 0 Å². The Morgan fingerprint density at radius 3 is 2.82 bits per heavy atom. The number of rotatable bonds is 3. The molecule has 1 heteroatoms. The first-order chi connectivity index (χ1) is 5.34. The molecule has 1 N–H and O–H groups in total. The van der Waals surface area contributed by atoms with E-state index in [9.17, 15) is 0 Å². The Hall–Kier alpha value is -0.300. The average molecular weight is 153 g/mol. The van der Waals surface area contributed by atoms with Crippen LogP contribution in [0.25, 0.3) is 0 Å². The van der Waals surface area contributed by atoms with Gasteiger partial charge in [-0.25, -0.2) is 0 Å². The standard InChI is InChI=1S/C10H19N/c1-3-8-11-10-7-5-4-6-9(10)2/h3,9-11H,1,4-8H2,2H3/t9-,10-/m0/s1. The van der Waals surface area contributed by atoms with E-state index < -0.39 is 0 Å². The molecule has 0 bridgehead atoms. The molecule has 0 spiro atoms. The normalized spacial score (nSPS) is 31.7. The van der Waals surface area contributed by atoms with Gasteiger partial charge < -0.3 is 5.32 Å². The van der Waals surface area contributed by atoms with Gasteiger partial charge in [-0.3, -0.25) is 0 Å². The summed E-state index contributed by atoms with van der Waals surface area (Å²) < 4.78 is 0. The zero-order chi connectivity index (χ0) is 8.10. The highest BCUT2D eigenvalue weighted by Gasteiger charge is 2.19. The molecule has 1 fully saturated rings. The van der Waals surface area contributed by atoms with E-state index in [2.05, 4.69) is 18.8 Å². The fourth-order valence-electron chi connectivity index (χ4n) is 1.85. The molecule has 1 aliphatic rings. The van der Waals surface area contributed by atoms with Crippen LogP contribution in [0.2, 0.25) is 0 Å². The molecule has 0 saturated heterocycles. The van der Waals surface area contributed by atoms with Crippen LogP contribution < -0.4 is 5.32 Å². The Balaban J connectivity index is 2.23. The van der Waals surface area contributed by atoms with Crippen molar-refractivity contribution in [3.63, 3.8) is 0 Å². The van der Waals surface area contributed by atoms with Crippen molar-refractivity contribution in [2.75, 3.05) is 6.54 Å². The molecule has 0 aromatic rings. The van der Waals surface area contributed by atoms with Crippen LogP contribution >= 0.6 is 0 Å². The van der Waals surface area contributed by atoms with Gasteiger partial charge in [-0.2, -0.15) is 0 Å². The van der Waals surface area contributed by atoms with Gasteiger partial charge in [0.1, 0.15) is 0 Å². The molecule has 11 heavy (non-hydrogen) atoms. The number of hydrogen-bond donors (Lipinski definition) is 1. The van der Waals surface area contributed by atoms with Crippen LogP contribution in [0.4, 0.5) is 0 Å². The van der Waals surface area contributed by atoms with Gasteiger partial charge in [0.05, 0.1) is 0 Å². The molecule has 1 rings (SSSR count). The second-order valence-corrected chi connectivity index (χ2v) is 3.57. The van der Waals surface area contributed by atoms with Gasteiger partial charge in [-0.05, 0) is 18.8 Å². The van der Waals surface area contributed by atoms with Crippen molar-refractivity contribution < 1.29 is 0 Å². The van der Waals surface area contributed by atoms with Gasteiger partial charge >= 0.3 is 0 Å². The van der Waals surface area contributed by atoms with Crippen molar-refractivity contribution in [2.24, 2.45) is 5.92 Å². The second kappa shape index (κ2) is 4.55. The Morgan fingerprint density at radius 2 is 2.18 bits per heavy atom. The van der Waals surface area contributed by atoms with E-state index >= 15 is 0 Å². The highest BCUT2D eigenvalue weighted by Crippen LogP contribution is 2.23. The van der Waals surface area contributed by atoms with Crippen molar-refractivity contribution in [1.29, 1.82) is 0 Å². The summed E-state index contributed by atoms with van der Waals surface area (Å²) in [5.41, 5.74) is 0. The van der Waals surface area contributed by atoms with Crippen LogP contribution in [0, 0.1) is 5.92 Å². The molecule has 1 saturated carbocycles. The molecule has 0 aliphatic heterocycles. The summed E-state index contributed by atoms with van der Waals surface area (Å²) in [4.78, 5) is 0. The zero-order valence-electron chi connectivity index (χ0n) is 7.47. The first-order valence-electron chi connectivity index (χ1n) is 4.69. The minimum atomic E-state index is 0.752. The molecule has 1 nitrogen and oxygen atoms in total. The maximum Gasteiger partial charge on any atom is 0.0134 e. The van der Waals surface area contributed by atoms with Crippen LogP contribution in [-0.2, 0) is 0 Å². The summed E-state index contributed by atoms with van der Waals surface area (Å²) in [6.07, 6.45) is 7.53. The van der Waals surface area contributed by atoms with Crippen molar-refractivity contribution in [1.82, 2.24) is 5.32 Å². The molecular weight excluding hydrogens is 134 g/mol. The third kappa shape index (κ3) is 2.66. The Bertz CT molecular complexity index is 120. The van der Waals surface area contributed by atoms with Crippen LogP contribution in [0.1, 0.15) is 32.6 Å².